The highest BCUT2D eigenvalue weighted by atomic mass is 32.1. The van der Waals surface area contributed by atoms with Crippen LogP contribution in [0.1, 0.15) is 21.4 Å². The Balaban J connectivity index is 1.96. The smallest absolute Gasteiger partial charge is 0.0793 e. The number of piperazine rings is 1. The molecule has 4 heteroatoms. The van der Waals surface area contributed by atoms with Crippen molar-refractivity contribution in [3.63, 3.8) is 0 Å². The molecule has 18 heavy (non-hydrogen) atoms. The van der Waals surface area contributed by atoms with Gasteiger partial charge in [0.05, 0.1) is 6.04 Å². The summed E-state index contributed by atoms with van der Waals surface area (Å²) in [5, 5.41) is 7.84. The molecule has 3 rings (SSSR count). The lowest BCUT2D eigenvalue weighted by molar-refractivity contribution is 0.202. The summed E-state index contributed by atoms with van der Waals surface area (Å²) in [5.41, 5.74) is 1.43. The lowest BCUT2D eigenvalue weighted by Crippen LogP contribution is -2.45. The van der Waals surface area contributed by atoms with E-state index in [1.807, 2.05) is 22.7 Å². The lowest BCUT2D eigenvalue weighted by atomic mass is 10.1. The van der Waals surface area contributed by atoms with E-state index < -0.39 is 0 Å². The summed E-state index contributed by atoms with van der Waals surface area (Å²) in [6.45, 7) is 6.72. The second-order valence-electron chi connectivity index (χ2n) is 4.67. The summed E-state index contributed by atoms with van der Waals surface area (Å²) >= 11 is 3.77. The number of hydrogen-bond donors (Lipinski definition) is 1. The van der Waals surface area contributed by atoms with Gasteiger partial charge in [-0.1, -0.05) is 6.07 Å². The topological polar surface area (TPSA) is 15.3 Å². The Morgan fingerprint density at radius 3 is 2.61 bits per heavy atom. The zero-order chi connectivity index (χ0) is 12.4. The molecule has 0 amide bonds. The Morgan fingerprint density at radius 1 is 1.17 bits per heavy atom. The molecule has 0 aliphatic carbocycles. The Labute approximate surface area is 116 Å². The van der Waals surface area contributed by atoms with E-state index in [9.17, 15) is 0 Å². The van der Waals surface area contributed by atoms with Crippen LogP contribution in [0, 0.1) is 6.92 Å². The van der Waals surface area contributed by atoms with Crippen LogP contribution in [-0.2, 0) is 0 Å². The second-order valence-corrected chi connectivity index (χ2v) is 6.60. The van der Waals surface area contributed by atoms with Crippen LogP contribution in [0.2, 0.25) is 0 Å². The molecule has 1 saturated heterocycles. The second kappa shape index (κ2) is 5.53. The highest BCUT2D eigenvalue weighted by molar-refractivity contribution is 7.11. The van der Waals surface area contributed by atoms with Crippen LogP contribution in [0.4, 0.5) is 0 Å². The number of thiophene rings is 2. The molecule has 1 aliphatic rings. The first kappa shape index (κ1) is 12.4. The lowest BCUT2D eigenvalue weighted by Gasteiger charge is -2.34. The van der Waals surface area contributed by atoms with Gasteiger partial charge in [0, 0.05) is 35.9 Å². The quantitative estimate of drug-likeness (QED) is 0.928. The molecule has 0 radical (unpaired) electrons. The summed E-state index contributed by atoms with van der Waals surface area (Å²) in [7, 11) is 0. The minimum Gasteiger partial charge on any atom is -0.314 e. The Morgan fingerprint density at radius 2 is 2.00 bits per heavy atom. The van der Waals surface area contributed by atoms with Gasteiger partial charge in [0.2, 0.25) is 0 Å². The average Bonchev–Trinajstić information content (AvgIpc) is 3.05. The van der Waals surface area contributed by atoms with Crippen molar-refractivity contribution in [1.29, 1.82) is 0 Å². The van der Waals surface area contributed by atoms with E-state index >= 15 is 0 Å². The van der Waals surface area contributed by atoms with Crippen LogP contribution in [0.5, 0.6) is 0 Å². The summed E-state index contributed by atoms with van der Waals surface area (Å²) in [5.74, 6) is 0. The van der Waals surface area contributed by atoms with Crippen LogP contribution in [0.3, 0.4) is 0 Å². The van der Waals surface area contributed by atoms with Gasteiger partial charge in [-0.15, -0.1) is 22.7 Å². The zero-order valence-corrected chi connectivity index (χ0v) is 12.2. The normalized spacial score (nSPS) is 18.9. The van der Waals surface area contributed by atoms with E-state index in [1.165, 1.54) is 15.3 Å². The molecule has 96 valence electrons. The Hall–Kier alpha value is -0.680. The monoisotopic (exact) mass is 278 g/mol. The summed E-state index contributed by atoms with van der Waals surface area (Å²) in [6, 6.07) is 7.14. The summed E-state index contributed by atoms with van der Waals surface area (Å²) < 4.78 is 0. The van der Waals surface area contributed by atoms with Crippen molar-refractivity contribution >= 4 is 22.7 Å². The van der Waals surface area contributed by atoms with Crippen molar-refractivity contribution in [2.45, 2.75) is 13.0 Å². The molecule has 2 nitrogen and oxygen atoms in total. The van der Waals surface area contributed by atoms with Crippen molar-refractivity contribution in [3.8, 4) is 0 Å². The number of rotatable bonds is 3. The Kier molecular flexibility index (Phi) is 3.80. The third-order valence-electron chi connectivity index (χ3n) is 3.48. The van der Waals surface area contributed by atoms with Gasteiger partial charge in [0.15, 0.2) is 0 Å². The van der Waals surface area contributed by atoms with E-state index in [2.05, 4.69) is 46.1 Å². The fourth-order valence-corrected chi connectivity index (χ4v) is 4.55. The number of hydrogen-bond acceptors (Lipinski definition) is 4. The SMILES string of the molecule is Cc1ccsc1[C@@H](c1cccs1)N1CCNCC1. The van der Waals surface area contributed by atoms with Gasteiger partial charge in [-0.25, -0.2) is 0 Å². The molecule has 1 atom stereocenters. The fraction of sp³-hybridized carbons (Fsp3) is 0.429. The van der Waals surface area contributed by atoms with Gasteiger partial charge in [-0.3, -0.25) is 4.90 Å². The third-order valence-corrected chi connectivity index (χ3v) is 5.48. The third kappa shape index (κ3) is 2.38. The first-order valence-corrected chi connectivity index (χ1v) is 8.14. The van der Waals surface area contributed by atoms with E-state index in [-0.39, 0.29) is 0 Å². The van der Waals surface area contributed by atoms with Crippen molar-refractivity contribution in [3.05, 3.63) is 44.3 Å². The van der Waals surface area contributed by atoms with Crippen molar-refractivity contribution in [2.75, 3.05) is 26.2 Å². The summed E-state index contributed by atoms with van der Waals surface area (Å²) in [4.78, 5) is 5.60. The van der Waals surface area contributed by atoms with E-state index in [0.29, 0.717) is 6.04 Å². The van der Waals surface area contributed by atoms with E-state index in [0.717, 1.165) is 26.2 Å². The maximum atomic E-state index is 3.44. The number of aryl methyl sites for hydroxylation is 1. The molecule has 2 aromatic rings. The van der Waals surface area contributed by atoms with Crippen molar-refractivity contribution < 1.29 is 0 Å². The van der Waals surface area contributed by atoms with E-state index in [1.54, 1.807) is 0 Å². The van der Waals surface area contributed by atoms with Gasteiger partial charge in [-0.2, -0.15) is 0 Å². The molecule has 1 fully saturated rings. The van der Waals surface area contributed by atoms with E-state index in [4.69, 9.17) is 0 Å². The minimum absolute atomic E-state index is 0.465. The highest BCUT2D eigenvalue weighted by Crippen LogP contribution is 2.36. The molecule has 1 N–H and O–H groups in total. The van der Waals surface area contributed by atoms with Crippen LogP contribution >= 0.6 is 22.7 Å². The van der Waals surface area contributed by atoms with Crippen LogP contribution in [0.25, 0.3) is 0 Å². The maximum Gasteiger partial charge on any atom is 0.0793 e. The predicted octanol–water partition coefficient (Wildman–Crippen LogP) is 3.11. The number of nitrogens with zero attached hydrogens (tertiary/aromatic N) is 1. The van der Waals surface area contributed by atoms with Gasteiger partial charge < -0.3 is 5.32 Å². The standard InChI is InChI=1S/C14H18N2S2/c1-11-4-10-18-14(11)13(12-3-2-9-17-12)16-7-5-15-6-8-16/h2-4,9-10,13,15H,5-8H2,1H3/t13-/m1/s1. The van der Waals surface area contributed by atoms with Crippen molar-refractivity contribution in [1.82, 2.24) is 10.2 Å². The molecule has 3 heterocycles. The predicted molar refractivity (Wildman–Crippen MR) is 79.7 cm³/mol. The summed E-state index contributed by atoms with van der Waals surface area (Å²) in [6.07, 6.45) is 0. The molecule has 0 aromatic carbocycles. The fourth-order valence-electron chi connectivity index (χ4n) is 2.53. The Bertz CT molecular complexity index is 484. The van der Waals surface area contributed by atoms with Gasteiger partial charge in [0.1, 0.15) is 0 Å². The van der Waals surface area contributed by atoms with Crippen LogP contribution in [0.15, 0.2) is 29.0 Å². The van der Waals surface area contributed by atoms with Crippen LogP contribution in [-0.4, -0.2) is 31.1 Å². The average molecular weight is 278 g/mol. The molecule has 1 aliphatic heterocycles. The number of nitrogens with one attached hydrogen (secondary N) is 1. The van der Waals surface area contributed by atoms with Gasteiger partial charge in [-0.05, 0) is 35.4 Å². The molecule has 0 spiro atoms. The van der Waals surface area contributed by atoms with Crippen LogP contribution < -0.4 is 5.32 Å². The molecular weight excluding hydrogens is 260 g/mol. The zero-order valence-electron chi connectivity index (χ0n) is 10.6. The highest BCUT2D eigenvalue weighted by Gasteiger charge is 2.26. The molecule has 0 unspecified atom stereocenters. The van der Waals surface area contributed by atoms with Gasteiger partial charge >= 0.3 is 0 Å². The molecule has 0 saturated carbocycles. The first-order chi connectivity index (χ1) is 8.86. The molecular formula is C14H18N2S2. The minimum atomic E-state index is 0.465. The van der Waals surface area contributed by atoms with Gasteiger partial charge in [0.25, 0.3) is 0 Å². The molecule has 0 bridgehead atoms. The largest absolute Gasteiger partial charge is 0.314 e. The molecule has 2 aromatic heterocycles. The first-order valence-electron chi connectivity index (χ1n) is 6.38. The maximum absolute atomic E-state index is 3.44. The van der Waals surface area contributed by atoms with Crippen molar-refractivity contribution in [2.24, 2.45) is 0 Å².